The summed E-state index contributed by atoms with van der Waals surface area (Å²) < 4.78 is 5.21. The molecule has 1 heterocycles. The van der Waals surface area contributed by atoms with E-state index in [1.807, 2.05) is 43.3 Å². The van der Waals surface area contributed by atoms with Crippen molar-refractivity contribution in [2.75, 3.05) is 17.7 Å². The maximum atomic E-state index is 12.2. The summed E-state index contributed by atoms with van der Waals surface area (Å²) in [5.74, 6) is 0.788. The minimum atomic E-state index is -0.300. The Morgan fingerprint density at radius 3 is 2.70 bits per heavy atom. The van der Waals surface area contributed by atoms with E-state index >= 15 is 0 Å². The molecule has 2 aromatic carbocycles. The molecule has 2 N–H and O–H groups in total. The molecule has 0 spiro atoms. The highest BCUT2D eigenvalue weighted by atomic mass is 16.5. The van der Waals surface area contributed by atoms with Crippen LogP contribution in [0.2, 0.25) is 0 Å². The number of hydrogen-bond donors (Lipinski definition) is 2. The summed E-state index contributed by atoms with van der Waals surface area (Å²) >= 11 is 0. The summed E-state index contributed by atoms with van der Waals surface area (Å²) in [6, 6.07) is 14.6. The third-order valence-electron chi connectivity index (χ3n) is 3.55. The van der Waals surface area contributed by atoms with Gasteiger partial charge in [0.2, 0.25) is 0 Å². The molecule has 0 saturated carbocycles. The summed E-state index contributed by atoms with van der Waals surface area (Å²) in [5, 5.41) is 6.58. The number of urea groups is 1. The van der Waals surface area contributed by atoms with Crippen molar-refractivity contribution in [3.05, 3.63) is 60.3 Å². The molecule has 0 radical (unpaired) electrons. The van der Waals surface area contributed by atoms with E-state index in [2.05, 4.69) is 15.6 Å². The van der Waals surface area contributed by atoms with Crippen LogP contribution in [0.3, 0.4) is 0 Å². The van der Waals surface area contributed by atoms with Crippen LogP contribution >= 0.6 is 0 Å². The number of carbonyl (C=O) groups excluding carboxylic acids is 1. The van der Waals surface area contributed by atoms with E-state index in [0.29, 0.717) is 5.69 Å². The molecule has 5 nitrogen and oxygen atoms in total. The van der Waals surface area contributed by atoms with Crippen LogP contribution in [0.1, 0.15) is 5.56 Å². The second kappa shape index (κ2) is 6.36. The molecule has 3 aromatic rings. The van der Waals surface area contributed by atoms with Gasteiger partial charge in [-0.05, 0) is 42.8 Å². The third-order valence-corrected chi connectivity index (χ3v) is 3.55. The van der Waals surface area contributed by atoms with Crippen LogP contribution in [-0.2, 0) is 0 Å². The van der Waals surface area contributed by atoms with E-state index in [4.69, 9.17) is 4.74 Å². The topological polar surface area (TPSA) is 63.2 Å². The Bertz CT molecular complexity index is 857. The quantitative estimate of drug-likeness (QED) is 0.762. The van der Waals surface area contributed by atoms with Crippen molar-refractivity contribution in [2.24, 2.45) is 0 Å². The fourth-order valence-electron chi connectivity index (χ4n) is 2.45. The number of hydrogen-bond acceptors (Lipinski definition) is 3. The number of aryl methyl sites for hydroxylation is 1. The average Bonchev–Trinajstić information content (AvgIpc) is 2.55. The van der Waals surface area contributed by atoms with Crippen LogP contribution in [0.25, 0.3) is 10.9 Å². The minimum absolute atomic E-state index is 0.300. The molecule has 2 amide bonds. The van der Waals surface area contributed by atoms with E-state index < -0.39 is 0 Å². The zero-order valence-electron chi connectivity index (χ0n) is 13.0. The summed E-state index contributed by atoms with van der Waals surface area (Å²) in [7, 11) is 1.62. The van der Waals surface area contributed by atoms with Gasteiger partial charge in [-0.15, -0.1) is 0 Å². The lowest BCUT2D eigenvalue weighted by Gasteiger charge is -2.11. The number of amides is 2. The molecular weight excluding hydrogens is 290 g/mol. The molecular formula is C18H17N3O2. The van der Waals surface area contributed by atoms with Gasteiger partial charge in [0.15, 0.2) is 0 Å². The molecule has 3 rings (SSSR count). The molecule has 0 bridgehead atoms. The number of methoxy groups -OCH3 is 1. The number of nitrogens with one attached hydrogen (secondary N) is 2. The predicted octanol–water partition coefficient (Wildman–Crippen LogP) is 4.20. The molecule has 5 heteroatoms. The zero-order valence-corrected chi connectivity index (χ0v) is 13.0. The Morgan fingerprint density at radius 1 is 1.09 bits per heavy atom. The van der Waals surface area contributed by atoms with Crippen LogP contribution in [0.15, 0.2) is 54.7 Å². The molecule has 23 heavy (non-hydrogen) atoms. The number of rotatable bonds is 3. The Hall–Kier alpha value is -3.08. The van der Waals surface area contributed by atoms with Gasteiger partial charge in [0.1, 0.15) is 5.75 Å². The molecule has 1 aromatic heterocycles. The van der Waals surface area contributed by atoms with E-state index in [9.17, 15) is 4.79 Å². The largest absolute Gasteiger partial charge is 0.496 e. The molecule has 0 aliphatic rings. The summed E-state index contributed by atoms with van der Waals surface area (Å²) in [4.78, 5) is 16.5. The van der Waals surface area contributed by atoms with E-state index in [1.54, 1.807) is 25.4 Å². The van der Waals surface area contributed by atoms with Gasteiger partial charge < -0.3 is 15.4 Å². The second-order valence-corrected chi connectivity index (χ2v) is 5.14. The van der Waals surface area contributed by atoms with Gasteiger partial charge in [0.25, 0.3) is 0 Å². The fraction of sp³-hybridized carbons (Fsp3) is 0.111. The minimum Gasteiger partial charge on any atom is -0.496 e. The molecule has 0 aliphatic carbocycles. The maximum absolute atomic E-state index is 12.2. The Kier molecular flexibility index (Phi) is 4.10. The maximum Gasteiger partial charge on any atom is 0.323 e. The van der Waals surface area contributed by atoms with Crippen molar-refractivity contribution >= 4 is 28.3 Å². The number of anilines is 2. The second-order valence-electron chi connectivity index (χ2n) is 5.14. The first-order valence-electron chi connectivity index (χ1n) is 7.24. The number of aromatic nitrogens is 1. The van der Waals surface area contributed by atoms with Crippen molar-refractivity contribution in [1.82, 2.24) is 4.98 Å². The Morgan fingerprint density at radius 2 is 1.91 bits per heavy atom. The van der Waals surface area contributed by atoms with Crippen LogP contribution in [-0.4, -0.2) is 18.1 Å². The van der Waals surface area contributed by atoms with Crippen LogP contribution in [0, 0.1) is 6.92 Å². The zero-order chi connectivity index (χ0) is 16.2. The van der Waals surface area contributed by atoms with Gasteiger partial charge in [0, 0.05) is 17.3 Å². The fourth-order valence-corrected chi connectivity index (χ4v) is 2.45. The number of pyridine rings is 1. The standard InChI is InChI=1S/C18H17N3O2/c1-12-11-13(7-8-17(12)23-2)20-18(22)21-16-9-10-19-15-6-4-3-5-14(15)16/h3-11H,1-2H3,(H2,19,20,21,22). The highest BCUT2D eigenvalue weighted by Gasteiger charge is 2.07. The third kappa shape index (κ3) is 3.23. The van der Waals surface area contributed by atoms with Gasteiger partial charge in [-0.2, -0.15) is 0 Å². The number of para-hydroxylation sites is 1. The van der Waals surface area contributed by atoms with Gasteiger partial charge in [-0.3, -0.25) is 4.98 Å². The molecule has 0 saturated heterocycles. The number of fused-ring (bicyclic) bond motifs is 1. The van der Waals surface area contributed by atoms with Crippen molar-refractivity contribution in [3.63, 3.8) is 0 Å². The highest BCUT2D eigenvalue weighted by Crippen LogP contribution is 2.23. The summed E-state index contributed by atoms with van der Waals surface area (Å²) in [6.07, 6.45) is 1.68. The first-order valence-corrected chi connectivity index (χ1v) is 7.24. The van der Waals surface area contributed by atoms with Gasteiger partial charge in [-0.1, -0.05) is 18.2 Å². The molecule has 0 unspecified atom stereocenters. The molecule has 0 aliphatic heterocycles. The summed E-state index contributed by atoms with van der Waals surface area (Å²) in [5.41, 5.74) is 3.22. The molecule has 116 valence electrons. The monoisotopic (exact) mass is 307 g/mol. The van der Waals surface area contributed by atoms with Crippen molar-refractivity contribution in [1.29, 1.82) is 0 Å². The van der Waals surface area contributed by atoms with Crippen molar-refractivity contribution in [2.45, 2.75) is 6.92 Å². The molecule has 0 atom stereocenters. The lowest BCUT2D eigenvalue weighted by molar-refractivity contribution is 0.262. The number of benzene rings is 2. The lowest BCUT2D eigenvalue weighted by Crippen LogP contribution is -2.19. The number of ether oxygens (including phenoxy) is 1. The lowest BCUT2D eigenvalue weighted by atomic mass is 10.2. The highest BCUT2D eigenvalue weighted by molar-refractivity contribution is 6.05. The number of carbonyl (C=O) groups is 1. The van der Waals surface area contributed by atoms with Gasteiger partial charge in [0.05, 0.1) is 18.3 Å². The van der Waals surface area contributed by atoms with Gasteiger partial charge in [-0.25, -0.2) is 4.79 Å². The van der Waals surface area contributed by atoms with E-state index in [-0.39, 0.29) is 6.03 Å². The van der Waals surface area contributed by atoms with Gasteiger partial charge >= 0.3 is 6.03 Å². The van der Waals surface area contributed by atoms with Crippen LogP contribution < -0.4 is 15.4 Å². The van der Waals surface area contributed by atoms with E-state index in [0.717, 1.165) is 27.9 Å². The first kappa shape index (κ1) is 14.8. The van der Waals surface area contributed by atoms with Crippen LogP contribution in [0.5, 0.6) is 5.75 Å². The first-order chi connectivity index (χ1) is 11.2. The SMILES string of the molecule is COc1ccc(NC(=O)Nc2ccnc3ccccc23)cc1C. The van der Waals surface area contributed by atoms with Crippen LogP contribution in [0.4, 0.5) is 16.2 Å². The smallest absolute Gasteiger partial charge is 0.323 e. The molecule has 0 fully saturated rings. The van der Waals surface area contributed by atoms with E-state index in [1.165, 1.54) is 0 Å². The normalized spacial score (nSPS) is 10.3. The summed E-state index contributed by atoms with van der Waals surface area (Å²) in [6.45, 7) is 1.93. The Labute approximate surface area is 134 Å². The Balaban J connectivity index is 1.77. The predicted molar refractivity (Wildman–Crippen MR) is 92.1 cm³/mol. The van der Waals surface area contributed by atoms with Crippen molar-refractivity contribution < 1.29 is 9.53 Å². The van der Waals surface area contributed by atoms with Crippen molar-refractivity contribution in [3.8, 4) is 5.75 Å². The number of nitrogens with zero attached hydrogens (tertiary/aromatic N) is 1. The average molecular weight is 307 g/mol.